The van der Waals surface area contributed by atoms with E-state index in [4.69, 9.17) is 22.8 Å². The van der Waals surface area contributed by atoms with Crippen molar-refractivity contribution >= 4 is 15.2 Å². The number of hydrogen-bond donors (Lipinski definition) is 0. The Morgan fingerprint density at radius 2 is 1.08 bits per heavy atom. The third-order valence-electron chi connectivity index (χ3n) is 3.48. The highest BCUT2D eigenvalue weighted by atomic mass is 31.2. The Kier molecular flexibility index (Phi) is 13.5. The summed E-state index contributed by atoms with van der Waals surface area (Å²) in [7, 11) is -4.69. The second kappa shape index (κ2) is 13.4. The monoisotopic (exact) mass is 403 g/mol. The smallest absolute Gasteiger partial charge is 0.331 e. The van der Waals surface area contributed by atoms with Gasteiger partial charge in [0.05, 0.1) is 38.8 Å². The van der Waals surface area contributed by atoms with Crippen LogP contribution in [0.3, 0.4) is 0 Å². The molecule has 1 unspecified atom stereocenters. The summed E-state index contributed by atoms with van der Waals surface area (Å²) >= 11 is 0. The van der Waals surface area contributed by atoms with Crippen molar-refractivity contribution in [3.05, 3.63) is 0 Å². The largest absolute Gasteiger partial charge is 0.367 e. The first-order valence-corrected chi connectivity index (χ1v) is 12.3. The van der Waals surface area contributed by atoms with Gasteiger partial charge in [-0.2, -0.15) is 0 Å². The Bertz CT molecular complexity index is 382. The first-order chi connectivity index (χ1) is 11.8. The molecule has 0 aromatic heterocycles. The minimum absolute atomic E-state index is 0.232. The van der Waals surface area contributed by atoms with Gasteiger partial charge in [-0.15, -0.1) is 0 Å². The van der Waals surface area contributed by atoms with E-state index in [1.165, 1.54) is 0 Å². The van der Waals surface area contributed by atoms with E-state index in [1.807, 2.05) is 11.8 Å². The molecule has 0 aliphatic carbocycles. The fourth-order valence-electron chi connectivity index (χ4n) is 2.25. The van der Waals surface area contributed by atoms with Crippen molar-refractivity contribution in [1.82, 2.24) is 4.90 Å². The minimum atomic E-state index is -3.14. The molecule has 0 amide bonds. The molecule has 25 heavy (non-hydrogen) atoms. The lowest BCUT2D eigenvalue weighted by molar-refractivity contribution is -0.0134. The molecule has 0 N–H and O–H groups in total. The van der Waals surface area contributed by atoms with Gasteiger partial charge in [-0.1, -0.05) is 0 Å². The van der Waals surface area contributed by atoms with Gasteiger partial charge in [0.15, 0.2) is 0 Å². The normalized spacial score (nSPS) is 14.2. The molecule has 8 nitrogen and oxygen atoms in total. The van der Waals surface area contributed by atoms with Gasteiger partial charge in [-0.05, 0) is 34.6 Å². The van der Waals surface area contributed by atoms with Crippen molar-refractivity contribution in [2.75, 3.05) is 59.0 Å². The fourth-order valence-corrected chi connectivity index (χ4v) is 5.49. The number of hydrogen-bond acceptors (Lipinski definition) is 8. The highest BCUT2D eigenvalue weighted by Crippen LogP contribution is 2.49. The molecule has 0 aliphatic heterocycles. The van der Waals surface area contributed by atoms with E-state index in [1.54, 1.807) is 34.8 Å². The fraction of sp³-hybridized carbons (Fsp3) is 1.00. The molecule has 0 rings (SSSR count). The van der Waals surface area contributed by atoms with E-state index < -0.39 is 15.2 Å². The second-order valence-corrected chi connectivity index (χ2v) is 9.58. The van der Waals surface area contributed by atoms with E-state index in [0.29, 0.717) is 39.5 Å². The summed E-state index contributed by atoms with van der Waals surface area (Å²) in [6.45, 7) is 11.1. The van der Waals surface area contributed by atoms with Crippen LogP contribution in [0, 0.1) is 0 Å². The third kappa shape index (κ3) is 10.2. The molecule has 0 saturated carbocycles. The Hall–Kier alpha value is 0.220. The predicted octanol–water partition coefficient (Wildman–Crippen LogP) is 3.81. The van der Waals surface area contributed by atoms with E-state index in [0.717, 1.165) is 0 Å². The highest BCUT2D eigenvalue weighted by Gasteiger charge is 2.29. The Morgan fingerprint density at radius 1 is 0.760 bits per heavy atom. The van der Waals surface area contributed by atoms with E-state index in [2.05, 4.69) is 0 Å². The quantitative estimate of drug-likeness (QED) is 0.284. The van der Waals surface area contributed by atoms with Crippen LogP contribution in [0.5, 0.6) is 0 Å². The number of rotatable bonds is 16. The van der Waals surface area contributed by atoms with Gasteiger partial charge in [0.2, 0.25) is 0 Å². The Labute approximate surface area is 152 Å². The number of nitrogens with zero attached hydrogens (tertiary/aromatic N) is 1. The first kappa shape index (κ1) is 25.2. The van der Waals surface area contributed by atoms with Crippen molar-refractivity contribution in [3.63, 3.8) is 0 Å². The Morgan fingerprint density at radius 3 is 1.32 bits per heavy atom. The molecule has 0 saturated heterocycles. The van der Waals surface area contributed by atoms with Crippen LogP contribution in [-0.4, -0.2) is 70.1 Å². The van der Waals surface area contributed by atoms with Crippen LogP contribution in [0.1, 0.15) is 34.6 Å². The zero-order valence-electron chi connectivity index (χ0n) is 16.4. The molecule has 0 radical (unpaired) electrons. The van der Waals surface area contributed by atoms with Crippen LogP contribution in [0.15, 0.2) is 0 Å². The van der Waals surface area contributed by atoms with Crippen molar-refractivity contribution in [2.45, 2.75) is 40.8 Å². The van der Waals surface area contributed by atoms with Crippen LogP contribution in [0.4, 0.5) is 0 Å². The molecule has 1 atom stereocenters. The zero-order chi connectivity index (χ0) is 19.3. The summed E-state index contributed by atoms with van der Waals surface area (Å²) in [5.41, 5.74) is 0. The van der Waals surface area contributed by atoms with Gasteiger partial charge < -0.3 is 22.8 Å². The molecular formula is C15H35NO7P2. The van der Waals surface area contributed by atoms with E-state index in [9.17, 15) is 9.13 Å². The summed E-state index contributed by atoms with van der Waals surface area (Å²) < 4.78 is 51.9. The topological polar surface area (TPSA) is 83.5 Å². The standard InChI is InChI=1S/C15H35NO7P2/c1-7-20-24(17,21-8-2)13-11-16(15(5)19-6)12-14-25(18,22-9-3)23-10-4/h15H,7-14H2,1-6H3. The Balaban J connectivity index is 4.90. The lowest BCUT2D eigenvalue weighted by atomic mass is 10.4. The molecule has 0 aliphatic rings. The van der Waals surface area contributed by atoms with Gasteiger partial charge in [-0.25, -0.2) is 0 Å². The average Bonchev–Trinajstić information content (AvgIpc) is 2.55. The predicted molar refractivity (Wildman–Crippen MR) is 99.5 cm³/mol. The van der Waals surface area contributed by atoms with Crippen LogP contribution < -0.4 is 0 Å². The van der Waals surface area contributed by atoms with Crippen LogP contribution >= 0.6 is 15.2 Å². The van der Waals surface area contributed by atoms with E-state index in [-0.39, 0.29) is 18.6 Å². The van der Waals surface area contributed by atoms with Crippen molar-refractivity contribution in [3.8, 4) is 0 Å². The summed E-state index contributed by atoms with van der Waals surface area (Å²) in [6, 6.07) is 0. The van der Waals surface area contributed by atoms with Gasteiger partial charge in [-0.3, -0.25) is 14.0 Å². The summed E-state index contributed by atoms with van der Waals surface area (Å²) in [5.74, 6) is 0. The highest BCUT2D eigenvalue weighted by molar-refractivity contribution is 7.54. The summed E-state index contributed by atoms with van der Waals surface area (Å²) in [4.78, 5) is 1.93. The number of ether oxygens (including phenoxy) is 1. The van der Waals surface area contributed by atoms with Gasteiger partial charge in [0.1, 0.15) is 6.23 Å². The van der Waals surface area contributed by atoms with Crippen molar-refractivity contribution in [1.29, 1.82) is 0 Å². The summed E-state index contributed by atoms with van der Waals surface area (Å²) in [6.07, 6.45) is 0.222. The minimum Gasteiger partial charge on any atom is -0.367 e. The molecule has 0 fully saturated rings. The maximum absolute atomic E-state index is 12.6. The first-order valence-electron chi connectivity index (χ1n) is 8.82. The SMILES string of the molecule is CCOP(=O)(CCN(CCP(=O)(OCC)OCC)C(C)OC)OCC. The lowest BCUT2D eigenvalue weighted by Crippen LogP contribution is -2.39. The molecular weight excluding hydrogens is 368 g/mol. The molecule has 0 heterocycles. The lowest BCUT2D eigenvalue weighted by Gasteiger charge is -2.30. The zero-order valence-corrected chi connectivity index (χ0v) is 18.2. The molecule has 0 aromatic carbocycles. The van der Waals surface area contributed by atoms with E-state index >= 15 is 0 Å². The van der Waals surface area contributed by atoms with Crippen LogP contribution in [-0.2, 0) is 32.0 Å². The van der Waals surface area contributed by atoms with Crippen LogP contribution in [0.2, 0.25) is 0 Å². The molecule has 0 spiro atoms. The third-order valence-corrected chi connectivity index (χ3v) is 7.58. The van der Waals surface area contributed by atoms with Crippen molar-refractivity contribution < 1.29 is 32.0 Å². The molecule has 152 valence electrons. The molecule has 0 aromatic rings. The van der Waals surface area contributed by atoms with Gasteiger partial charge in [0.25, 0.3) is 0 Å². The maximum atomic E-state index is 12.6. The molecule has 10 heteroatoms. The van der Waals surface area contributed by atoms with Crippen LogP contribution in [0.25, 0.3) is 0 Å². The van der Waals surface area contributed by atoms with Crippen molar-refractivity contribution in [2.24, 2.45) is 0 Å². The van der Waals surface area contributed by atoms with Gasteiger partial charge in [0, 0.05) is 20.2 Å². The number of methoxy groups -OCH3 is 1. The summed E-state index contributed by atoms with van der Waals surface area (Å²) in [5, 5.41) is 0. The molecule has 0 bridgehead atoms. The second-order valence-electron chi connectivity index (χ2n) is 5.21. The maximum Gasteiger partial charge on any atom is 0.331 e. The average molecular weight is 403 g/mol. The van der Waals surface area contributed by atoms with Gasteiger partial charge >= 0.3 is 15.2 Å².